The molecular formula is C18H12N4O6. The van der Waals surface area contributed by atoms with Gasteiger partial charge in [0, 0.05) is 23.8 Å². The Labute approximate surface area is 157 Å². The molecule has 28 heavy (non-hydrogen) atoms. The first-order valence-electron chi connectivity index (χ1n) is 7.87. The predicted octanol–water partition coefficient (Wildman–Crippen LogP) is 3.53. The molecule has 0 fully saturated rings. The monoisotopic (exact) mass is 380 g/mol. The van der Waals surface area contributed by atoms with Crippen molar-refractivity contribution < 1.29 is 19.1 Å². The van der Waals surface area contributed by atoms with Crippen LogP contribution in [0.3, 0.4) is 0 Å². The van der Waals surface area contributed by atoms with Crippen LogP contribution in [-0.4, -0.2) is 22.0 Å². The summed E-state index contributed by atoms with van der Waals surface area (Å²) in [6.07, 6.45) is 1.22. The van der Waals surface area contributed by atoms with Gasteiger partial charge in [0.15, 0.2) is 0 Å². The zero-order chi connectivity index (χ0) is 20.1. The highest BCUT2D eigenvalue weighted by Crippen LogP contribution is 2.30. The summed E-state index contributed by atoms with van der Waals surface area (Å²) in [6.45, 7) is 0. The fraction of sp³-hybridized carbons (Fsp3) is 0. The highest BCUT2D eigenvalue weighted by Gasteiger charge is 2.17. The third-order valence-electron chi connectivity index (χ3n) is 3.67. The molecule has 0 spiro atoms. The molecule has 0 atom stereocenters. The van der Waals surface area contributed by atoms with Gasteiger partial charge in [0.25, 0.3) is 17.3 Å². The second-order valence-electron chi connectivity index (χ2n) is 5.48. The van der Waals surface area contributed by atoms with Gasteiger partial charge in [-0.15, -0.1) is 0 Å². The lowest BCUT2D eigenvalue weighted by Crippen LogP contribution is -2.17. The van der Waals surface area contributed by atoms with Crippen LogP contribution in [-0.2, 0) is 0 Å². The lowest BCUT2D eigenvalue weighted by Gasteiger charge is -1.99. The summed E-state index contributed by atoms with van der Waals surface area (Å²) in [5, 5.41) is 25.6. The summed E-state index contributed by atoms with van der Waals surface area (Å²) in [5.74, 6) is -0.100. The number of nitrogens with one attached hydrogen (secondary N) is 1. The Morgan fingerprint density at radius 1 is 1.00 bits per heavy atom. The van der Waals surface area contributed by atoms with E-state index in [-0.39, 0.29) is 28.5 Å². The van der Waals surface area contributed by atoms with E-state index in [2.05, 4.69) is 10.5 Å². The molecule has 0 radical (unpaired) electrons. The van der Waals surface area contributed by atoms with Gasteiger partial charge in [-0.25, -0.2) is 5.43 Å². The maximum Gasteiger partial charge on any atom is 0.280 e. The number of nitro benzene ring substituents is 2. The number of nitrogens with zero attached hydrogens (tertiary/aromatic N) is 3. The van der Waals surface area contributed by atoms with Crippen molar-refractivity contribution in [3.05, 3.63) is 92.2 Å². The quantitative estimate of drug-likeness (QED) is 0.394. The molecule has 1 amide bonds. The van der Waals surface area contributed by atoms with Crippen LogP contribution in [0.15, 0.2) is 70.2 Å². The minimum absolute atomic E-state index is 0.0754. The maximum absolute atomic E-state index is 12.0. The molecule has 0 aliphatic rings. The number of amides is 1. The molecule has 0 bridgehead atoms. The number of carbonyl (C=O) groups excluding carboxylic acids is 1. The van der Waals surface area contributed by atoms with E-state index < -0.39 is 15.8 Å². The Morgan fingerprint density at radius 3 is 2.54 bits per heavy atom. The number of non-ortho nitro benzene ring substituents is 1. The van der Waals surface area contributed by atoms with Crippen LogP contribution in [0.5, 0.6) is 0 Å². The van der Waals surface area contributed by atoms with Gasteiger partial charge in [0.1, 0.15) is 11.5 Å². The van der Waals surface area contributed by atoms with E-state index >= 15 is 0 Å². The van der Waals surface area contributed by atoms with Crippen molar-refractivity contribution in [1.29, 1.82) is 0 Å². The molecule has 10 heteroatoms. The van der Waals surface area contributed by atoms with Crippen molar-refractivity contribution in [3.8, 4) is 11.3 Å². The third-order valence-corrected chi connectivity index (χ3v) is 3.67. The van der Waals surface area contributed by atoms with Crippen molar-refractivity contribution in [2.24, 2.45) is 5.10 Å². The van der Waals surface area contributed by atoms with Crippen LogP contribution in [0.4, 0.5) is 11.4 Å². The first kappa shape index (κ1) is 18.5. The number of benzene rings is 2. The normalized spacial score (nSPS) is 10.7. The van der Waals surface area contributed by atoms with Gasteiger partial charge in [-0.2, -0.15) is 5.10 Å². The fourth-order valence-electron chi connectivity index (χ4n) is 2.39. The number of para-hydroxylation sites is 1. The second-order valence-corrected chi connectivity index (χ2v) is 5.48. The maximum atomic E-state index is 12.0. The number of rotatable bonds is 6. The third kappa shape index (κ3) is 4.07. The molecule has 140 valence electrons. The lowest BCUT2D eigenvalue weighted by atomic mass is 10.1. The molecule has 2 aromatic carbocycles. The number of hydrogen-bond donors (Lipinski definition) is 1. The molecule has 1 N–H and O–H groups in total. The van der Waals surface area contributed by atoms with E-state index in [0.717, 1.165) is 6.07 Å². The Kier molecular flexibility index (Phi) is 5.21. The van der Waals surface area contributed by atoms with Crippen molar-refractivity contribution in [1.82, 2.24) is 5.43 Å². The lowest BCUT2D eigenvalue weighted by molar-refractivity contribution is -0.384. The number of hydrazone groups is 1. The van der Waals surface area contributed by atoms with Gasteiger partial charge in [0.2, 0.25) is 0 Å². The van der Waals surface area contributed by atoms with E-state index in [1.807, 2.05) is 0 Å². The minimum atomic E-state index is -0.634. The van der Waals surface area contributed by atoms with Gasteiger partial charge >= 0.3 is 0 Å². The smallest absolute Gasteiger partial charge is 0.280 e. The van der Waals surface area contributed by atoms with Crippen LogP contribution in [0.2, 0.25) is 0 Å². The van der Waals surface area contributed by atoms with Crippen LogP contribution in [0, 0.1) is 20.2 Å². The van der Waals surface area contributed by atoms with Crippen molar-refractivity contribution in [2.45, 2.75) is 0 Å². The molecule has 0 saturated carbocycles. The average molecular weight is 380 g/mol. The Hall–Kier alpha value is -4.34. The summed E-state index contributed by atoms with van der Waals surface area (Å²) in [5.41, 5.74) is 2.31. The van der Waals surface area contributed by atoms with E-state index in [4.69, 9.17) is 4.42 Å². The summed E-state index contributed by atoms with van der Waals surface area (Å²) < 4.78 is 5.50. The van der Waals surface area contributed by atoms with Gasteiger partial charge in [0.05, 0.1) is 21.6 Å². The van der Waals surface area contributed by atoms with Crippen LogP contribution < -0.4 is 5.43 Å². The zero-order valence-electron chi connectivity index (χ0n) is 14.1. The Morgan fingerprint density at radius 2 is 1.79 bits per heavy atom. The van der Waals surface area contributed by atoms with E-state index in [1.54, 1.807) is 24.3 Å². The molecular weight excluding hydrogens is 368 g/mol. The van der Waals surface area contributed by atoms with Crippen molar-refractivity contribution >= 4 is 23.5 Å². The molecule has 0 unspecified atom stereocenters. The minimum Gasteiger partial charge on any atom is -0.455 e. The predicted molar refractivity (Wildman–Crippen MR) is 99.0 cm³/mol. The molecule has 3 aromatic rings. The van der Waals surface area contributed by atoms with Crippen LogP contribution in [0.1, 0.15) is 16.1 Å². The molecule has 0 aliphatic heterocycles. The summed E-state index contributed by atoms with van der Waals surface area (Å²) >= 11 is 0. The molecule has 1 heterocycles. The summed E-state index contributed by atoms with van der Waals surface area (Å²) in [6, 6.07) is 14.4. The van der Waals surface area contributed by atoms with Gasteiger partial charge < -0.3 is 4.42 Å². The molecule has 1 aromatic heterocycles. The van der Waals surface area contributed by atoms with E-state index in [9.17, 15) is 25.0 Å². The summed E-state index contributed by atoms with van der Waals surface area (Å²) in [4.78, 5) is 32.7. The first-order valence-corrected chi connectivity index (χ1v) is 7.87. The highest BCUT2D eigenvalue weighted by molar-refractivity contribution is 5.95. The molecule has 0 aliphatic carbocycles. The van der Waals surface area contributed by atoms with E-state index in [0.29, 0.717) is 5.56 Å². The summed E-state index contributed by atoms with van der Waals surface area (Å²) in [7, 11) is 0. The van der Waals surface area contributed by atoms with Gasteiger partial charge in [-0.1, -0.05) is 18.2 Å². The Bertz CT molecular complexity index is 1090. The fourth-order valence-corrected chi connectivity index (χ4v) is 2.39. The second kappa shape index (κ2) is 7.91. The van der Waals surface area contributed by atoms with Gasteiger partial charge in [-0.05, 0) is 24.3 Å². The average Bonchev–Trinajstić information content (AvgIpc) is 3.16. The SMILES string of the molecule is O=C(N/N=C/c1ccc(-c2ccccc2[N+](=O)[O-])o1)c1cccc([N+](=O)[O-])c1. The largest absolute Gasteiger partial charge is 0.455 e. The topological polar surface area (TPSA) is 141 Å². The molecule has 3 rings (SSSR count). The van der Waals surface area contributed by atoms with Crippen molar-refractivity contribution in [3.63, 3.8) is 0 Å². The first-order chi connectivity index (χ1) is 13.5. The highest BCUT2D eigenvalue weighted by atomic mass is 16.6. The molecule has 10 nitrogen and oxygen atoms in total. The van der Waals surface area contributed by atoms with Crippen LogP contribution in [0.25, 0.3) is 11.3 Å². The zero-order valence-corrected chi connectivity index (χ0v) is 14.1. The van der Waals surface area contributed by atoms with Gasteiger partial charge in [-0.3, -0.25) is 25.0 Å². The van der Waals surface area contributed by atoms with Crippen LogP contribution >= 0.6 is 0 Å². The van der Waals surface area contributed by atoms with E-state index in [1.165, 1.54) is 36.5 Å². The van der Waals surface area contributed by atoms with Crippen molar-refractivity contribution in [2.75, 3.05) is 0 Å². The molecule has 0 saturated heterocycles. The number of nitro groups is 2. The number of hydrogen-bond acceptors (Lipinski definition) is 7. The number of furan rings is 1. The number of carbonyl (C=O) groups is 1. The Balaban J connectivity index is 1.71. The standard InChI is InChI=1S/C18H12N4O6/c23-18(12-4-3-5-13(10-12)21(24)25)20-19-11-14-8-9-17(28-14)15-6-1-2-7-16(15)22(26)27/h1-11H,(H,20,23)/b19-11+.